The molecule has 34 heavy (non-hydrogen) atoms. The smallest absolute Gasteiger partial charge is 0.255 e. The molecule has 0 spiro atoms. The van der Waals surface area contributed by atoms with Crippen LogP contribution in [0.3, 0.4) is 0 Å². The van der Waals surface area contributed by atoms with Gasteiger partial charge in [0.15, 0.2) is 0 Å². The second-order valence-corrected chi connectivity index (χ2v) is 9.59. The largest absolute Gasteiger partial charge is 0.494 e. The predicted molar refractivity (Wildman–Crippen MR) is 140 cm³/mol. The van der Waals surface area contributed by atoms with Crippen LogP contribution in [-0.2, 0) is 4.79 Å². The molecule has 3 aromatic rings. The number of carbonyl (C=O) groups excluding carboxylic acids is 2. The third kappa shape index (κ3) is 5.45. The number of hydrogen-bond donors (Lipinski definition) is 1. The summed E-state index contributed by atoms with van der Waals surface area (Å²) in [5.41, 5.74) is 5.42. The summed E-state index contributed by atoms with van der Waals surface area (Å²) in [6.07, 6.45) is 2.08. The van der Waals surface area contributed by atoms with Gasteiger partial charge in [0.05, 0.1) is 12.4 Å². The molecule has 3 aromatic carbocycles. The maximum absolute atomic E-state index is 12.8. The fourth-order valence-corrected chi connectivity index (χ4v) is 5.18. The first-order chi connectivity index (χ1) is 16.5. The molecular formula is C28H30N2O3S. The predicted octanol–water partition coefficient (Wildman–Crippen LogP) is 6.51. The lowest BCUT2D eigenvalue weighted by molar-refractivity contribution is -0.115. The maximum atomic E-state index is 12.8. The van der Waals surface area contributed by atoms with Gasteiger partial charge in [0.25, 0.3) is 5.91 Å². The molecular weight excluding hydrogens is 444 g/mol. The van der Waals surface area contributed by atoms with E-state index in [2.05, 4.69) is 18.3 Å². The molecule has 1 N–H and O–H groups in total. The number of rotatable bonds is 8. The molecule has 1 heterocycles. The molecule has 0 aliphatic carbocycles. The zero-order chi connectivity index (χ0) is 24.1. The topological polar surface area (TPSA) is 58.6 Å². The summed E-state index contributed by atoms with van der Waals surface area (Å²) in [5.74, 6) is 1.11. The minimum Gasteiger partial charge on any atom is -0.494 e. The first kappa shape index (κ1) is 23.9. The Labute approximate surface area is 205 Å². The lowest BCUT2D eigenvalue weighted by Crippen LogP contribution is -2.28. The highest BCUT2D eigenvalue weighted by molar-refractivity contribution is 8.00. The zero-order valence-corrected chi connectivity index (χ0v) is 20.7. The van der Waals surface area contributed by atoms with Crippen molar-refractivity contribution in [1.82, 2.24) is 0 Å². The summed E-state index contributed by atoms with van der Waals surface area (Å²) in [6.45, 7) is 6.88. The van der Waals surface area contributed by atoms with Crippen LogP contribution in [0, 0.1) is 13.8 Å². The number of amides is 2. The summed E-state index contributed by atoms with van der Waals surface area (Å²) >= 11 is 1.60. The molecule has 0 bridgehead atoms. The van der Waals surface area contributed by atoms with Crippen molar-refractivity contribution in [3.05, 3.63) is 89.0 Å². The third-order valence-corrected chi connectivity index (χ3v) is 7.00. The molecule has 0 aromatic heterocycles. The van der Waals surface area contributed by atoms with E-state index in [0.717, 1.165) is 35.4 Å². The van der Waals surface area contributed by atoms with E-state index in [1.165, 1.54) is 5.56 Å². The van der Waals surface area contributed by atoms with Crippen molar-refractivity contribution >= 4 is 35.0 Å². The molecule has 2 amide bonds. The number of ether oxygens (including phenoxy) is 1. The van der Waals surface area contributed by atoms with Gasteiger partial charge in [-0.15, -0.1) is 11.8 Å². The maximum Gasteiger partial charge on any atom is 0.255 e. The van der Waals surface area contributed by atoms with Crippen LogP contribution < -0.4 is 15.0 Å². The first-order valence-electron chi connectivity index (χ1n) is 11.6. The van der Waals surface area contributed by atoms with Crippen LogP contribution in [0.2, 0.25) is 0 Å². The summed E-state index contributed by atoms with van der Waals surface area (Å²) in [5, 5.41) is 2.85. The minimum absolute atomic E-state index is 0.0950. The summed E-state index contributed by atoms with van der Waals surface area (Å²) in [7, 11) is 0. The van der Waals surface area contributed by atoms with Gasteiger partial charge in [-0.05, 0) is 73.9 Å². The van der Waals surface area contributed by atoms with E-state index in [9.17, 15) is 9.59 Å². The standard InChI is InChI=1S/C28H30N2O3S/c1-4-5-15-33-24-12-10-21(11-13-24)27(32)29-23-8-6-7-22(17-23)28-30(26(31)18-34-28)25-14-9-19(2)16-20(25)3/h6-14,16-17,28H,4-5,15,18H2,1-3H3,(H,29,32)/t28-/m1/s1. The van der Waals surface area contributed by atoms with Crippen LogP contribution in [0.1, 0.15) is 52.2 Å². The molecule has 1 aliphatic heterocycles. The Morgan fingerprint density at radius 1 is 1.09 bits per heavy atom. The number of benzene rings is 3. The highest BCUT2D eigenvalue weighted by atomic mass is 32.2. The zero-order valence-electron chi connectivity index (χ0n) is 19.8. The van der Waals surface area contributed by atoms with Crippen molar-refractivity contribution in [3.8, 4) is 5.75 Å². The van der Waals surface area contributed by atoms with Gasteiger partial charge in [0.2, 0.25) is 5.91 Å². The number of thioether (sulfide) groups is 1. The van der Waals surface area contributed by atoms with Gasteiger partial charge >= 0.3 is 0 Å². The van der Waals surface area contributed by atoms with Crippen LogP contribution in [-0.4, -0.2) is 24.2 Å². The number of aryl methyl sites for hydroxylation is 2. The van der Waals surface area contributed by atoms with E-state index in [4.69, 9.17) is 4.74 Å². The van der Waals surface area contributed by atoms with Crippen LogP contribution in [0.25, 0.3) is 0 Å². The van der Waals surface area contributed by atoms with Gasteiger partial charge in [0.1, 0.15) is 11.1 Å². The lowest BCUT2D eigenvalue weighted by atomic mass is 10.1. The Bertz CT molecular complexity index is 1180. The molecule has 1 aliphatic rings. The highest BCUT2D eigenvalue weighted by Crippen LogP contribution is 2.43. The average molecular weight is 475 g/mol. The fourth-order valence-electron chi connectivity index (χ4n) is 4.02. The molecule has 1 saturated heterocycles. The fraction of sp³-hybridized carbons (Fsp3) is 0.286. The molecule has 0 unspecified atom stereocenters. The number of nitrogens with one attached hydrogen (secondary N) is 1. The number of carbonyl (C=O) groups is 2. The molecule has 5 nitrogen and oxygen atoms in total. The van der Waals surface area contributed by atoms with E-state index >= 15 is 0 Å². The Balaban J connectivity index is 1.49. The van der Waals surface area contributed by atoms with Crippen molar-refractivity contribution in [3.63, 3.8) is 0 Å². The van der Waals surface area contributed by atoms with Gasteiger partial charge in [-0.1, -0.05) is 43.2 Å². The molecule has 176 valence electrons. The van der Waals surface area contributed by atoms with Crippen LogP contribution in [0.15, 0.2) is 66.7 Å². The normalized spacial score (nSPS) is 15.4. The van der Waals surface area contributed by atoms with Crippen LogP contribution in [0.5, 0.6) is 5.75 Å². The van der Waals surface area contributed by atoms with Crippen molar-refractivity contribution in [2.24, 2.45) is 0 Å². The minimum atomic E-state index is -0.182. The molecule has 0 radical (unpaired) electrons. The van der Waals surface area contributed by atoms with E-state index in [1.54, 1.807) is 23.9 Å². The SMILES string of the molecule is CCCCOc1ccc(C(=O)Nc2cccc([C@H]3SCC(=O)N3c3ccc(C)cc3C)c2)cc1. The molecule has 6 heteroatoms. The monoisotopic (exact) mass is 474 g/mol. The lowest BCUT2D eigenvalue weighted by Gasteiger charge is -2.26. The molecule has 1 fully saturated rings. The van der Waals surface area contributed by atoms with Crippen molar-refractivity contribution in [1.29, 1.82) is 0 Å². The van der Waals surface area contributed by atoms with Crippen LogP contribution in [0.4, 0.5) is 11.4 Å². The Kier molecular flexibility index (Phi) is 7.58. The van der Waals surface area contributed by atoms with E-state index in [-0.39, 0.29) is 17.2 Å². The van der Waals surface area contributed by atoms with Gasteiger partial charge in [-0.25, -0.2) is 0 Å². The molecule has 1 atom stereocenters. The van der Waals surface area contributed by atoms with Crippen molar-refractivity contribution in [2.45, 2.75) is 39.0 Å². The first-order valence-corrected chi connectivity index (χ1v) is 12.7. The number of hydrogen-bond acceptors (Lipinski definition) is 4. The second-order valence-electron chi connectivity index (χ2n) is 8.52. The number of anilines is 2. The van der Waals surface area contributed by atoms with E-state index < -0.39 is 0 Å². The van der Waals surface area contributed by atoms with Gasteiger partial charge < -0.3 is 10.1 Å². The van der Waals surface area contributed by atoms with Crippen LogP contribution >= 0.6 is 11.8 Å². The number of unbranched alkanes of at least 4 members (excludes halogenated alkanes) is 1. The summed E-state index contributed by atoms with van der Waals surface area (Å²) in [6, 6.07) is 21.1. The summed E-state index contributed by atoms with van der Waals surface area (Å²) in [4.78, 5) is 27.5. The van der Waals surface area contributed by atoms with Crippen molar-refractivity contribution in [2.75, 3.05) is 22.6 Å². The Hall–Kier alpha value is -3.25. The highest BCUT2D eigenvalue weighted by Gasteiger charge is 2.34. The summed E-state index contributed by atoms with van der Waals surface area (Å²) < 4.78 is 5.68. The second kappa shape index (κ2) is 10.8. The quantitative estimate of drug-likeness (QED) is 0.378. The van der Waals surface area contributed by atoms with E-state index in [0.29, 0.717) is 23.6 Å². The van der Waals surface area contributed by atoms with E-state index in [1.807, 2.05) is 67.3 Å². The van der Waals surface area contributed by atoms with Gasteiger partial charge in [0, 0.05) is 16.9 Å². The van der Waals surface area contributed by atoms with Gasteiger partial charge in [-0.3, -0.25) is 14.5 Å². The third-order valence-electron chi connectivity index (χ3n) is 5.79. The number of nitrogens with zero attached hydrogens (tertiary/aromatic N) is 1. The Morgan fingerprint density at radius 2 is 1.88 bits per heavy atom. The van der Waals surface area contributed by atoms with Crippen molar-refractivity contribution < 1.29 is 14.3 Å². The molecule has 4 rings (SSSR count). The Morgan fingerprint density at radius 3 is 2.62 bits per heavy atom. The average Bonchev–Trinajstić information content (AvgIpc) is 3.21. The molecule has 0 saturated carbocycles. The van der Waals surface area contributed by atoms with Gasteiger partial charge in [-0.2, -0.15) is 0 Å².